The van der Waals surface area contributed by atoms with Gasteiger partial charge < -0.3 is 15.4 Å². The van der Waals surface area contributed by atoms with Crippen molar-refractivity contribution in [2.45, 2.75) is 18.7 Å². The molecule has 2 N–H and O–H groups in total. The molecule has 2 aromatic rings. The van der Waals surface area contributed by atoms with Gasteiger partial charge in [-0.3, -0.25) is 4.79 Å². The fourth-order valence-corrected chi connectivity index (χ4v) is 3.86. The first-order chi connectivity index (χ1) is 12.9. The first-order valence-corrected chi connectivity index (χ1v) is 8.84. The molecular weight excluding hydrogens is 357 g/mol. The molecule has 4 rings (SSSR count). The maximum atomic E-state index is 13.1. The number of halogens is 3. The molecule has 0 aliphatic carbocycles. The van der Waals surface area contributed by atoms with Gasteiger partial charge in [0.2, 0.25) is 0 Å². The van der Waals surface area contributed by atoms with Gasteiger partial charge in [-0.15, -0.1) is 0 Å². The van der Waals surface area contributed by atoms with Gasteiger partial charge in [0.15, 0.2) is 0 Å². The monoisotopic (exact) mass is 376 g/mol. The van der Waals surface area contributed by atoms with Gasteiger partial charge in [-0.25, -0.2) is 0 Å². The molecule has 142 valence electrons. The van der Waals surface area contributed by atoms with Crippen LogP contribution < -0.4 is 15.4 Å². The summed E-state index contributed by atoms with van der Waals surface area (Å²) in [6, 6.07) is 10.5. The summed E-state index contributed by atoms with van der Waals surface area (Å²) in [5.74, 6) is 0.811. The van der Waals surface area contributed by atoms with Crippen molar-refractivity contribution in [3.05, 3.63) is 64.7 Å². The zero-order valence-electron chi connectivity index (χ0n) is 14.5. The SMILES string of the molecule is O=C1NC[C@@H]2CNC[C@H]2c2ccc(OCc3ccccc3C(F)(F)F)cc21. The van der Waals surface area contributed by atoms with Gasteiger partial charge in [-0.05, 0) is 29.7 Å². The lowest BCUT2D eigenvalue weighted by atomic mass is 9.87. The molecule has 2 aromatic carbocycles. The van der Waals surface area contributed by atoms with E-state index in [1.165, 1.54) is 12.1 Å². The number of hydrogen-bond donors (Lipinski definition) is 2. The molecule has 0 unspecified atom stereocenters. The predicted octanol–water partition coefficient (Wildman–Crippen LogP) is 3.33. The van der Waals surface area contributed by atoms with Crippen molar-refractivity contribution in [2.75, 3.05) is 19.6 Å². The minimum Gasteiger partial charge on any atom is -0.489 e. The molecular formula is C20H19F3N2O2. The van der Waals surface area contributed by atoms with Gasteiger partial charge in [0.25, 0.3) is 5.91 Å². The number of rotatable bonds is 3. The van der Waals surface area contributed by atoms with Gasteiger partial charge in [-0.2, -0.15) is 13.2 Å². The third-order valence-corrected chi connectivity index (χ3v) is 5.25. The summed E-state index contributed by atoms with van der Waals surface area (Å²) in [6.45, 7) is 2.06. The molecule has 0 saturated carbocycles. The second kappa shape index (κ2) is 6.88. The third-order valence-electron chi connectivity index (χ3n) is 5.25. The van der Waals surface area contributed by atoms with Gasteiger partial charge in [0.05, 0.1) is 5.56 Å². The summed E-state index contributed by atoms with van der Waals surface area (Å²) in [6.07, 6.45) is -4.43. The Kier molecular flexibility index (Phi) is 4.55. The molecule has 7 heteroatoms. The zero-order valence-corrected chi connectivity index (χ0v) is 14.5. The van der Waals surface area contributed by atoms with E-state index in [0.717, 1.165) is 24.7 Å². The van der Waals surface area contributed by atoms with E-state index >= 15 is 0 Å². The Labute approximate surface area is 154 Å². The average Bonchev–Trinajstić information content (AvgIpc) is 3.07. The molecule has 1 fully saturated rings. The third kappa shape index (κ3) is 3.51. The van der Waals surface area contributed by atoms with E-state index in [0.29, 0.717) is 23.8 Å². The molecule has 27 heavy (non-hydrogen) atoms. The lowest BCUT2D eigenvalue weighted by molar-refractivity contribution is -0.138. The Morgan fingerprint density at radius 3 is 2.70 bits per heavy atom. The summed E-state index contributed by atoms with van der Waals surface area (Å²) < 4.78 is 44.9. The number of fused-ring (bicyclic) bond motifs is 3. The van der Waals surface area contributed by atoms with E-state index in [1.54, 1.807) is 18.2 Å². The van der Waals surface area contributed by atoms with Crippen molar-refractivity contribution in [2.24, 2.45) is 5.92 Å². The molecule has 2 atom stereocenters. The molecule has 0 bridgehead atoms. The van der Waals surface area contributed by atoms with E-state index in [4.69, 9.17) is 4.74 Å². The van der Waals surface area contributed by atoms with Crippen molar-refractivity contribution in [3.63, 3.8) is 0 Å². The standard InChI is InChI=1S/C20H19F3N2O2/c21-20(22,23)18-4-2-1-3-12(18)11-27-14-5-6-15-16(7-14)19(26)25-9-13-8-24-10-17(13)15/h1-7,13,17,24H,8-11H2,(H,25,26)/t13-,17+/m0/s1. The summed E-state index contributed by atoms with van der Waals surface area (Å²) in [4.78, 5) is 12.4. The van der Waals surface area contributed by atoms with Gasteiger partial charge in [0.1, 0.15) is 12.4 Å². The Bertz CT molecular complexity index is 867. The highest BCUT2D eigenvalue weighted by molar-refractivity contribution is 5.96. The second-order valence-electron chi connectivity index (χ2n) is 6.93. The van der Waals surface area contributed by atoms with Crippen LogP contribution in [0.3, 0.4) is 0 Å². The molecule has 0 radical (unpaired) electrons. The Morgan fingerprint density at radius 2 is 1.89 bits per heavy atom. The highest BCUT2D eigenvalue weighted by atomic mass is 19.4. The number of carbonyl (C=O) groups is 1. The maximum absolute atomic E-state index is 13.1. The van der Waals surface area contributed by atoms with Crippen LogP contribution in [0.2, 0.25) is 0 Å². The minimum atomic E-state index is -4.43. The Morgan fingerprint density at radius 1 is 1.07 bits per heavy atom. The Hall–Kier alpha value is -2.54. The number of hydrogen-bond acceptors (Lipinski definition) is 3. The highest BCUT2D eigenvalue weighted by Crippen LogP contribution is 2.35. The number of amides is 1. The van der Waals surface area contributed by atoms with Crippen LogP contribution >= 0.6 is 0 Å². The topological polar surface area (TPSA) is 50.4 Å². The van der Waals surface area contributed by atoms with Crippen LogP contribution in [0.4, 0.5) is 13.2 Å². The lowest BCUT2D eigenvalue weighted by Crippen LogP contribution is -2.28. The van der Waals surface area contributed by atoms with Gasteiger partial charge >= 0.3 is 6.18 Å². The Balaban J connectivity index is 1.58. The van der Waals surface area contributed by atoms with Crippen LogP contribution in [0.1, 0.15) is 33.0 Å². The van der Waals surface area contributed by atoms with Gasteiger partial charge in [0, 0.05) is 36.7 Å². The summed E-state index contributed by atoms with van der Waals surface area (Å²) >= 11 is 0. The van der Waals surface area contributed by atoms with Crippen molar-refractivity contribution in [1.82, 2.24) is 10.6 Å². The van der Waals surface area contributed by atoms with Crippen LogP contribution in [-0.4, -0.2) is 25.5 Å². The number of carbonyl (C=O) groups excluding carboxylic acids is 1. The average molecular weight is 376 g/mol. The molecule has 2 heterocycles. The molecule has 0 spiro atoms. The molecule has 2 aliphatic rings. The molecule has 2 aliphatic heterocycles. The molecule has 4 nitrogen and oxygen atoms in total. The zero-order chi connectivity index (χ0) is 19.0. The van der Waals surface area contributed by atoms with Crippen molar-refractivity contribution in [3.8, 4) is 5.75 Å². The largest absolute Gasteiger partial charge is 0.489 e. The van der Waals surface area contributed by atoms with E-state index in [2.05, 4.69) is 10.6 Å². The summed E-state index contributed by atoms with van der Waals surface area (Å²) in [7, 11) is 0. The fourth-order valence-electron chi connectivity index (χ4n) is 3.86. The van der Waals surface area contributed by atoms with Crippen LogP contribution in [0, 0.1) is 5.92 Å². The maximum Gasteiger partial charge on any atom is 0.416 e. The molecule has 1 amide bonds. The first kappa shape index (κ1) is 17.9. The smallest absolute Gasteiger partial charge is 0.416 e. The van der Waals surface area contributed by atoms with E-state index < -0.39 is 11.7 Å². The van der Waals surface area contributed by atoms with Crippen LogP contribution in [0.15, 0.2) is 42.5 Å². The number of benzene rings is 2. The summed E-state index contributed by atoms with van der Waals surface area (Å²) in [5.41, 5.74) is 0.845. The summed E-state index contributed by atoms with van der Waals surface area (Å²) in [5, 5.41) is 6.26. The molecule has 1 saturated heterocycles. The van der Waals surface area contributed by atoms with Crippen molar-refractivity contribution < 1.29 is 22.7 Å². The van der Waals surface area contributed by atoms with Crippen molar-refractivity contribution in [1.29, 1.82) is 0 Å². The number of alkyl halides is 3. The predicted molar refractivity (Wildman–Crippen MR) is 93.7 cm³/mol. The number of ether oxygens (including phenoxy) is 1. The normalized spacial score (nSPS) is 21.8. The second-order valence-corrected chi connectivity index (χ2v) is 6.93. The quantitative estimate of drug-likeness (QED) is 0.864. The van der Waals surface area contributed by atoms with E-state index in [1.807, 2.05) is 6.07 Å². The minimum absolute atomic E-state index is 0.0597. The van der Waals surface area contributed by atoms with Crippen LogP contribution in [0.5, 0.6) is 5.75 Å². The first-order valence-electron chi connectivity index (χ1n) is 8.84. The van der Waals surface area contributed by atoms with E-state index in [9.17, 15) is 18.0 Å². The highest BCUT2D eigenvalue weighted by Gasteiger charge is 2.35. The fraction of sp³-hybridized carbons (Fsp3) is 0.350. The lowest BCUT2D eigenvalue weighted by Gasteiger charge is -2.17. The number of nitrogens with one attached hydrogen (secondary N) is 2. The van der Waals surface area contributed by atoms with Gasteiger partial charge in [-0.1, -0.05) is 24.3 Å². The van der Waals surface area contributed by atoms with Crippen LogP contribution in [-0.2, 0) is 12.8 Å². The molecule has 0 aromatic heterocycles. The van der Waals surface area contributed by atoms with Crippen molar-refractivity contribution >= 4 is 5.91 Å². The van der Waals surface area contributed by atoms with E-state index in [-0.39, 0.29) is 24.0 Å². The van der Waals surface area contributed by atoms with Crippen LogP contribution in [0.25, 0.3) is 0 Å².